The van der Waals surface area contributed by atoms with Crippen molar-refractivity contribution in [2.24, 2.45) is 15.5 Å². The molecule has 1 aromatic carbocycles. The highest BCUT2D eigenvalue weighted by molar-refractivity contribution is 6.36. The number of amidine groups is 1. The lowest BCUT2D eigenvalue weighted by atomic mass is 10.2. The van der Waals surface area contributed by atoms with E-state index < -0.39 is 11.9 Å². The van der Waals surface area contributed by atoms with Gasteiger partial charge in [0.05, 0.1) is 0 Å². The van der Waals surface area contributed by atoms with Gasteiger partial charge in [-0.2, -0.15) is 0 Å². The summed E-state index contributed by atoms with van der Waals surface area (Å²) >= 11 is 0. The van der Waals surface area contributed by atoms with E-state index in [0.717, 1.165) is 0 Å². The Labute approximate surface area is 95.0 Å². The van der Waals surface area contributed by atoms with Crippen LogP contribution in [0, 0.1) is 0 Å². The van der Waals surface area contributed by atoms with Gasteiger partial charge >= 0.3 is 11.9 Å². The number of nitrogens with one attached hydrogen (secondary N) is 1. The molecule has 0 aromatic heterocycles. The third-order valence-electron chi connectivity index (χ3n) is 1.89. The molecule has 1 heterocycles. The minimum atomic E-state index is -1.55. The topological polar surface area (TPSA) is 118 Å². The molecule has 0 fully saturated rings. The maximum atomic E-state index is 10.9. The lowest BCUT2D eigenvalue weighted by Crippen LogP contribution is -2.22. The second-order valence-corrected chi connectivity index (χ2v) is 3.04. The number of hydrogen-bond acceptors (Lipinski definition) is 5. The van der Waals surface area contributed by atoms with Gasteiger partial charge in [-0.15, -0.1) is 10.5 Å². The van der Waals surface area contributed by atoms with Crippen LogP contribution in [0.15, 0.2) is 39.8 Å². The number of nitrogens with zero attached hydrogens (tertiary/aromatic N) is 4. The number of anilines is 1. The zero-order valence-electron chi connectivity index (χ0n) is 8.36. The third-order valence-corrected chi connectivity index (χ3v) is 1.89. The maximum absolute atomic E-state index is 10.9. The van der Waals surface area contributed by atoms with E-state index in [0.29, 0.717) is 17.1 Å². The van der Waals surface area contributed by atoms with Gasteiger partial charge in [0.15, 0.2) is 0 Å². The van der Waals surface area contributed by atoms with Crippen LogP contribution in [-0.2, 0) is 9.59 Å². The number of carboxylic acid groups (broad SMARTS) is 1. The summed E-state index contributed by atoms with van der Waals surface area (Å²) in [7, 11) is 0. The molecule has 1 aliphatic heterocycles. The van der Waals surface area contributed by atoms with Gasteiger partial charge in [0, 0.05) is 11.3 Å². The van der Waals surface area contributed by atoms with Crippen LogP contribution in [0.4, 0.5) is 5.69 Å². The molecule has 1 aromatic rings. The monoisotopic (exact) mass is 232 g/mol. The molecule has 0 spiro atoms. The zero-order chi connectivity index (χ0) is 12.3. The number of hydrogen-bond donors (Lipinski definition) is 2. The lowest BCUT2D eigenvalue weighted by Gasteiger charge is -2.03. The number of carbonyl (C=O) groups excluding carboxylic acids is 1. The Kier molecular flexibility index (Phi) is 2.77. The molecule has 0 aliphatic carbocycles. The highest BCUT2D eigenvalue weighted by Crippen LogP contribution is 2.12. The molecule has 8 heteroatoms. The number of rotatable bonds is 2. The van der Waals surface area contributed by atoms with Crippen molar-refractivity contribution in [3.05, 3.63) is 29.8 Å². The summed E-state index contributed by atoms with van der Waals surface area (Å²) in [5.41, 5.74) is 4.56. The van der Waals surface area contributed by atoms with Crippen LogP contribution < -0.4 is 10.7 Å². The predicted octanol–water partition coefficient (Wildman–Crippen LogP) is 0.356. The lowest BCUT2D eigenvalue weighted by molar-refractivity contribution is -0.147. The molecule has 1 radical (unpaired) electrons. The number of aliphatic carboxylic acids is 1. The Morgan fingerprint density at radius 1 is 1.24 bits per heavy atom. The van der Waals surface area contributed by atoms with Crippen molar-refractivity contribution in [1.29, 1.82) is 0 Å². The first-order valence-corrected chi connectivity index (χ1v) is 4.50. The molecule has 0 saturated heterocycles. The van der Waals surface area contributed by atoms with Crippen LogP contribution in [0.25, 0.3) is 0 Å². The summed E-state index contributed by atoms with van der Waals surface area (Å²) < 4.78 is 0. The molecule has 1 aliphatic rings. The van der Waals surface area contributed by atoms with E-state index in [1.54, 1.807) is 18.2 Å². The SMILES string of the molecule is O=C(O)C(=O)Nc1cccc(C2=NN=N[N]2)c1. The number of carbonyl (C=O) groups is 2. The summed E-state index contributed by atoms with van der Waals surface area (Å²) in [5.74, 6) is -2.36. The van der Waals surface area contributed by atoms with E-state index in [1.807, 2.05) is 0 Å². The quantitative estimate of drug-likeness (QED) is 0.716. The van der Waals surface area contributed by atoms with Crippen molar-refractivity contribution in [3.63, 3.8) is 0 Å². The average molecular weight is 232 g/mol. The predicted molar refractivity (Wildman–Crippen MR) is 56.2 cm³/mol. The first-order chi connectivity index (χ1) is 8.16. The normalized spacial score (nSPS) is 12.8. The molecule has 1 amide bonds. The van der Waals surface area contributed by atoms with Crippen LogP contribution in [0.2, 0.25) is 0 Å². The largest absolute Gasteiger partial charge is 0.474 e. The number of amides is 1. The minimum absolute atomic E-state index is 0.302. The Morgan fingerprint density at radius 3 is 2.71 bits per heavy atom. The zero-order valence-corrected chi connectivity index (χ0v) is 8.36. The van der Waals surface area contributed by atoms with Crippen LogP contribution in [0.3, 0.4) is 0 Å². The molecular weight excluding hydrogens is 226 g/mol. The highest BCUT2D eigenvalue weighted by atomic mass is 16.4. The second kappa shape index (κ2) is 4.39. The molecule has 2 rings (SSSR count). The van der Waals surface area contributed by atoms with E-state index in [1.165, 1.54) is 6.07 Å². The van der Waals surface area contributed by atoms with Crippen molar-refractivity contribution in [1.82, 2.24) is 5.43 Å². The van der Waals surface area contributed by atoms with Crippen LogP contribution in [0.1, 0.15) is 5.56 Å². The third kappa shape index (κ3) is 2.43. The van der Waals surface area contributed by atoms with E-state index >= 15 is 0 Å². The minimum Gasteiger partial charge on any atom is -0.474 e. The van der Waals surface area contributed by atoms with Crippen molar-refractivity contribution in [2.75, 3.05) is 5.32 Å². The van der Waals surface area contributed by atoms with E-state index in [2.05, 4.69) is 26.3 Å². The Morgan fingerprint density at radius 2 is 2.06 bits per heavy atom. The van der Waals surface area contributed by atoms with E-state index in [9.17, 15) is 9.59 Å². The summed E-state index contributed by atoms with van der Waals surface area (Å²) in [5, 5.41) is 20.9. The number of carboxylic acids is 1. The van der Waals surface area contributed by atoms with Crippen molar-refractivity contribution in [3.8, 4) is 0 Å². The smallest absolute Gasteiger partial charge is 0.394 e. The Bertz CT molecular complexity index is 537. The summed E-state index contributed by atoms with van der Waals surface area (Å²) in [4.78, 5) is 21.3. The second-order valence-electron chi connectivity index (χ2n) is 3.04. The van der Waals surface area contributed by atoms with Crippen LogP contribution in [0.5, 0.6) is 0 Å². The summed E-state index contributed by atoms with van der Waals surface area (Å²) in [6, 6.07) is 6.39. The molecule has 0 atom stereocenters. The summed E-state index contributed by atoms with van der Waals surface area (Å²) in [6.45, 7) is 0. The molecule has 85 valence electrons. The van der Waals surface area contributed by atoms with Gasteiger partial charge in [-0.05, 0) is 22.6 Å². The fourth-order valence-corrected chi connectivity index (χ4v) is 1.18. The first-order valence-electron chi connectivity index (χ1n) is 4.50. The standard InChI is InChI=1S/C9H6N5O3/c15-8(9(16)17)10-6-3-1-2-5(4-6)7-11-13-14-12-7/h1-4H,(H,10,15)(H,16,17). The van der Waals surface area contributed by atoms with Gasteiger partial charge < -0.3 is 10.4 Å². The van der Waals surface area contributed by atoms with Crippen molar-refractivity contribution in [2.45, 2.75) is 0 Å². The van der Waals surface area contributed by atoms with Gasteiger partial charge in [-0.25, -0.2) is 4.79 Å². The maximum Gasteiger partial charge on any atom is 0.394 e. The first kappa shape index (κ1) is 10.7. The highest BCUT2D eigenvalue weighted by Gasteiger charge is 2.13. The number of benzene rings is 1. The molecule has 8 nitrogen and oxygen atoms in total. The molecule has 0 unspecified atom stereocenters. The van der Waals surface area contributed by atoms with Gasteiger partial charge in [0.2, 0.25) is 5.84 Å². The molecule has 0 saturated carbocycles. The summed E-state index contributed by atoms with van der Waals surface area (Å²) in [6.07, 6.45) is 0. The average Bonchev–Trinajstić information content (AvgIpc) is 2.82. The fraction of sp³-hybridized carbons (Fsp3) is 0. The van der Waals surface area contributed by atoms with Gasteiger partial charge in [0.1, 0.15) is 0 Å². The van der Waals surface area contributed by atoms with Crippen molar-refractivity contribution < 1.29 is 14.7 Å². The van der Waals surface area contributed by atoms with E-state index in [-0.39, 0.29) is 0 Å². The van der Waals surface area contributed by atoms with Gasteiger partial charge in [0.25, 0.3) is 0 Å². The van der Waals surface area contributed by atoms with Gasteiger partial charge in [-0.1, -0.05) is 12.1 Å². The van der Waals surface area contributed by atoms with E-state index in [4.69, 9.17) is 5.11 Å². The Balaban J connectivity index is 2.17. The molecule has 2 N–H and O–H groups in total. The Hall–Kier alpha value is -2.77. The molecular formula is C9H6N5O3. The molecule has 0 bridgehead atoms. The van der Waals surface area contributed by atoms with Crippen molar-refractivity contribution >= 4 is 23.4 Å². The fourth-order valence-electron chi connectivity index (χ4n) is 1.18. The van der Waals surface area contributed by atoms with Gasteiger partial charge in [-0.3, -0.25) is 4.79 Å². The van der Waals surface area contributed by atoms with Crippen LogP contribution >= 0.6 is 0 Å². The van der Waals surface area contributed by atoms with Crippen LogP contribution in [-0.4, -0.2) is 22.8 Å². The molecule has 17 heavy (non-hydrogen) atoms.